The van der Waals surface area contributed by atoms with Crippen molar-refractivity contribution in [3.8, 4) is 0 Å². The van der Waals surface area contributed by atoms with E-state index in [-0.39, 0.29) is 37.6 Å². The molecule has 3 atom stereocenters. The summed E-state index contributed by atoms with van der Waals surface area (Å²) in [4.78, 5) is 67.4. The molecule has 60 heavy (non-hydrogen) atoms. The van der Waals surface area contributed by atoms with Gasteiger partial charge in [-0.05, 0) is 85.9 Å². The highest BCUT2D eigenvalue weighted by atomic mass is 16.4. The van der Waals surface area contributed by atoms with Crippen LogP contribution < -0.4 is 26.2 Å². The Bertz CT molecular complexity index is 2500. The van der Waals surface area contributed by atoms with Crippen LogP contribution in [0.25, 0.3) is 21.5 Å². The van der Waals surface area contributed by atoms with Crippen molar-refractivity contribution in [3.05, 3.63) is 108 Å². The van der Waals surface area contributed by atoms with Crippen LogP contribution in [0.2, 0.25) is 0 Å². The molecule has 0 spiro atoms. The fourth-order valence-electron chi connectivity index (χ4n) is 9.15. The number of hydrogen-bond acceptors (Lipinski definition) is 6. The molecule has 312 valence electrons. The third kappa shape index (κ3) is 8.02. The van der Waals surface area contributed by atoms with Crippen LogP contribution >= 0.6 is 0 Å². The minimum Gasteiger partial charge on any atom is -0.480 e. The highest BCUT2D eigenvalue weighted by Gasteiger charge is 2.46. The van der Waals surface area contributed by atoms with Crippen LogP contribution in [0.3, 0.4) is 0 Å². The molecule has 4 amide bonds. The van der Waals surface area contributed by atoms with Crippen molar-refractivity contribution < 1.29 is 33.7 Å². The summed E-state index contributed by atoms with van der Waals surface area (Å²) < 4.78 is 2.24. The second kappa shape index (κ2) is 16.8. The molecule has 0 radical (unpaired) electrons. The maximum atomic E-state index is 13.6. The van der Waals surface area contributed by atoms with Gasteiger partial charge in [0.2, 0.25) is 29.3 Å². The normalized spacial score (nSPS) is 22.9. The molecule has 7 rings (SSSR count). The molecule has 0 saturated heterocycles. The molecule has 12 heteroatoms. The highest BCUT2D eigenvalue weighted by molar-refractivity contribution is 6.08. The Morgan fingerprint density at radius 1 is 0.850 bits per heavy atom. The average molecular weight is 812 g/mol. The van der Waals surface area contributed by atoms with Gasteiger partial charge < -0.3 is 31.3 Å². The Hall–Kier alpha value is -6.30. The van der Waals surface area contributed by atoms with Gasteiger partial charge >= 0.3 is 5.97 Å². The van der Waals surface area contributed by atoms with E-state index in [0.29, 0.717) is 19.5 Å². The minimum absolute atomic E-state index is 0.0847. The number of carbonyl (C=O) groups excluding carboxylic acids is 4. The predicted molar refractivity (Wildman–Crippen MR) is 235 cm³/mol. The molecule has 0 aliphatic carbocycles. The van der Waals surface area contributed by atoms with Gasteiger partial charge in [0.15, 0.2) is 12.3 Å². The summed E-state index contributed by atoms with van der Waals surface area (Å²) in [6, 6.07) is 21.9. The third-order valence-electron chi connectivity index (χ3n) is 12.3. The maximum Gasteiger partial charge on any atom is 0.325 e. The number of fused-ring (bicyclic) bond motifs is 9. The Kier molecular flexibility index (Phi) is 11.7. The summed E-state index contributed by atoms with van der Waals surface area (Å²) >= 11 is 0. The molecule has 0 fully saturated rings. The Morgan fingerprint density at radius 2 is 1.52 bits per heavy atom. The number of carboxylic acid groups (broad SMARTS) is 1. The minimum atomic E-state index is -1.22. The Balaban J connectivity index is 1.28. The Labute approximate surface area is 350 Å². The Morgan fingerprint density at radius 3 is 2.22 bits per heavy atom. The van der Waals surface area contributed by atoms with Crippen molar-refractivity contribution in [1.29, 1.82) is 0 Å². The lowest BCUT2D eigenvalue weighted by Gasteiger charge is -2.27. The predicted octanol–water partition coefficient (Wildman–Crippen LogP) is 5.88. The summed E-state index contributed by atoms with van der Waals surface area (Å²) in [5.74, 6) is -2.98. The van der Waals surface area contributed by atoms with Crippen LogP contribution in [0.15, 0.2) is 96.7 Å². The van der Waals surface area contributed by atoms with Gasteiger partial charge in [0.05, 0.1) is 11.8 Å². The van der Waals surface area contributed by atoms with Crippen molar-refractivity contribution >= 4 is 68.2 Å². The van der Waals surface area contributed by atoms with E-state index in [1.807, 2.05) is 18.2 Å². The van der Waals surface area contributed by atoms with E-state index in [4.69, 9.17) is 0 Å². The van der Waals surface area contributed by atoms with E-state index < -0.39 is 46.7 Å². The fourth-order valence-corrected chi connectivity index (χ4v) is 9.15. The van der Waals surface area contributed by atoms with Gasteiger partial charge in [0, 0.05) is 54.0 Å². The first-order chi connectivity index (χ1) is 28.6. The zero-order chi connectivity index (χ0) is 42.9. The number of carbonyl (C=O) groups is 5. The first kappa shape index (κ1) is 41.8. The number of rotatable bonds is 3. The number of hydrogen-bond donors (Lipinski definition) is 5. The molecule has 4 aromatic carbocycles. The molecule has 0 saturated carbocycles. The smallest absolute Gasteiger partial charge is 0.325 e. The van der Waals surface area contributed by atoms with E-state index >= 15 is 0 Å². The van der Waals surface area contributed by atoms with Crippen LogP contribution in [0.1, 0.15) is 78.4 Å². The average Bonchev–Trinajstić information content (AvgIpc) is 3.57. The van der Waals surface area contributed by atoms with Crippen molar-refractivity contribution in [3.63, 3.8) is 0 Å². The molecule has 0 aromatic heterocycles. The lowest BCUT2D eigenvalue weighted by molar-refractivity contribution is -0.436. The summed E-state index contributed by atoms with van der Waals surface area (Å²) in [7, 11) is 0. The zero-order valence-corrected chi connectivity index (χ0v) is 35.2. The van der Waals surface area contributed by atoms with Crippen molar-refractivity contribution in [2.45, 2.75) is 96.2 Å². The molecule has 3 aliphatic heterocycles. The fraction of sp³-hybridized carbons (Fsp3) is 0.375. The number of aliphatic carboxylic acids is 1. The molecule has 4 aromatic rings. The highest BCUT2D eigenvalue weighted by Crippen LogP contribution is 2.51. The number of nitrogens with one attached hydrogen (secondary N) is 4. The monoisotopic (exact) mass is 811 g/mol. The number of anilines is 1. The largest absolute Gasteiger partial charge is 0.480 e. The first-order valence-corrected chi connectivity index (χ1v) is 20.8. The second-order valence-electron chi connectivity index (χ2n) is 17.1. The van der Waals surface area contributed by atoms with Crippen LogP contribution in [-0.2, 0) is 34.8 Å². The van der Waals surface area contributed by atoms with E-state index in [0.717, 1.165) is 44.3 Å². The van der Waals surface area contributed by atoms with Crippen LogP contribution in [0.5, 0.6) is 0 Å². The summed E-state index contributed by atoms with van der Waals surface area (Å²) in [5, 5.41) is 24.9. The molecular formula is C48H55N6O6+. The lowest BCUT2D eigenvalue weighted by Crippen LogP contribution is -2.54. The number of carboxylic acids is 1. The molecule has 0 bridgehead atoms. The quantitative estimate of drug-likeness (QED) is 0.162. The van der Waals surface area contributed by atoms with Crippen molar-refractivity contribution in [1.82, 2.24) is 21.3 Å². The summed E-state index contributed by atoms with van der Waals surface area (Å²) in [6.45, 7) is 12.8. The van der Waals surface area contributed by atoms with Crippen LogP contribution in [0.4, 0.5) is 11.4 Å². The molecule has 12 nitrogen and oxygen atoms in total. The van der Waals surface area contributed by atoms with Gasteiger partial charge in [-0.25, -0.2) is 0 Å². The van der Waals surface area contributed by atoms with Crippen LogP contribution in [-0.4, -0.2) is 82.8 Å². The first-order valence-electron chi connectivity index (χ1n) is 20.8. The molecular weight excluding hydrogens is 757 g/mol. The molecule has 5 N–H and O–H groups in total. The number of amides is 4. The second-order valence-corrected chi connectivity index (χ2v) is 17.1. The molecule has 0 unspecified atom stereocenters. The summed E-state index contributed by atoms with van der Waals surface area (Å²) in [5.41, 5.74) is 5.64. The maximum absolute atomic E-state index is 13.6. The number of allylic oxidation sites excluding steroid dienone is 4. The number of benzene rings is 4. The van der Waals surface area contributed by atoms with Gasteiger partial charge in [0.25, 0.3) is 0 Å². The molecule has 3 heterocycles. The van der Waals surface area contributed by atoms with E-state index in [1.54, 1.807) is 6.92 Å². The van der Waals surface area contributed by atoms with E-state index in [1.165, 1.54) is 18.1 Å². The van der Waals surface area contributed by atoms with Crippen molar-refractivity contribution in [2.75, 3.05) is 24.5 Å². The molecule has 3 aliphatic rings. The topological polar surface area (TPSA) is 160 Å². The van der Waals surface area contributed by atoms with Crippen molar-refractivity contribution in [2.24, 2.45) is 0 Å². The standard InChI is InChI=1S/C48H54N6O6/c1-29-44(57)52-35(45(58)51-30(2)46(59)60)17-12-26-49-40(55)24-27-53-36-22-20-31-13-7-9-15-33(31)42(36)47(3,4)38(53)18-11-19-39-48(5,6)43-34-16-10-8-14-32(34)21-23-37(43)54(39)28-25-41(56)50-29/h7-11,13-16,18-23,29-30,35H,12,17,24-28H2,1-6H3,(H4-,49,50,51,52,55,56,57,58,59,60)/p+1/t29-,30-,35-/m0/s1. The summed E-state index contributed by atoms with van der Waals surface area (Å²) in [6.07, 6.45) is 7.14. The van der Waals surface area contributed by atoms with Crippen LogP contribution in [0, 0.1) is 0 Å². The SMILES string of the molecule is C[C@H](NC(=O)[C@@H]1CCCNC(=O)CC[N+]2=C(/C=C/C=C3/N(CCC(=O)N[C@@H](C)C(=O)N1)c1ccc4ccccc4c1C3(C)C)C(C)(C)c1c2ccc2ccccc12)C(=O)O. The van der Waals surface area contributed by atoms with Gasteiger partial charge in [-0.2, -0.15) is 4.58 Å². The van der Waals surface area contributed by atoms with E-state index in [2.05, 4.69) is 131 Å². The van der Waals surface area contributed by atoms with Gasteiger partial charge in [-0.3, -0.25) is 24.0 Å². The zero-order valence-electron chi connectivity index (χ0n) is 35.2. The third-order valence-corrected chi connectivity index (χ3v) is 12.3. The number of nitrogens with zero attached hydrogens (tertiary/aromatic N) is 2. The van der Waals surface area contributed by atoms with E-state index in [9.17, 15) is 29.1 Å². The van der Waals surface area contributed by atoms with Gasteiger partial charge in [-0.1, -0.05) is 74.5 Å². The lowest BCUT2D eigenvalue weighted by atomic mass is 9.79. The van der Waals surface area contributed by atoms with Gasteiger partial charge in [-0.15, -0.1) is 0 Å². The van der Waals surface area contributed by atoms with Gasteiger partial charge in [0.1, 0.15) is 18.1 Å².